The van der Waals surface area contributed by atoms with E-state index >= 15 is 0 Å². The number of ether oxygens (including phenoxy) is 1. The van der Waals surface area contributed by atoms with E-state index in [1.807, 2.05) is 25.3 Å². The van der Waals surface area contributed by atoms with E-state index < -0.39 is 10.0 Å². The third-order valence-electron chi connectivity index (χ3n) is 5.03. The fourth-order valence-electron chi connectivity index (χ4n) is 3.10. The van der Waals surface area contributed by atoms with Crippen LogP contribution in [0.2, 0.25) is 0 Å². The summed E-state index contributed by atoms with van der Waals surface area (Å²) in [6.45, 7) is 8.22. The summed E-state index contributed by atoms with van der Waals surface area (Å²) in [4.78, 5) is 16.8. The number of benzene rings is 1. The van der Waals surface area contributed by atoms with Crippen molar-refractivity contribution in [2.45, 2.75) is 39.3 Å². The summed E-state index contributed by atoms with van der Waals surface area (Å²) < 4.78 is 37.2. The second-order valence-electron chi connectivity index (χ2n) is 7.14. The molecule has 3 aromatic heterocycles. The van der Waals surface area contributed by atoms with Gasteiger partial charge in [-0.05, 0) is 52.0 Å². The highest BCUT2D eigenvalue weighted by molar-refractivity contribution is 7.92. The van der Waals surface area contributed by atoms with Crippen LogP contribution in [0.15, 0.2) is 54.2 Å². The molecular weight excluding hydrogens is 430 g/mol. The van der Waals surface area contributed by atoms with Gasteiger partial charge in [0.25, 0.3) is 10.0 Å². The van der Waals surface area contributed by atoms with Crippen LogP contribution in [0, 0.1) is 20.8 Å². The summed E-state index contributed by atoms with van der Waals surface area (Å²) >= 11 is 0. The standard InChI is InChI=1S/C21H23N7O3S/c1-5-27-11-21(25-16(27)4)32(29,30)26-17-6-8-18(9-7-17)31-20-10-19(22-12-23-20)28-13-24-14(2)15(28)3/h6-13,26H,5H2,1-4H3. The number of hydrogen-bond donors (Lipinski definition) is 1. The largest absolute Gasteiger partial charge is 0.439 e. The minimum atomic E-state index is -3.79. The molecule has 1 aromatic carbocycles. The van der Waals surface area contributed by atoms with Crippen molar-refractivity contribution in [2.75, 3.05) is 4.72 Å². The van der Waals surface area contributed by atoms with E-state index in [1.165, 1.54) is 12.5 Å². The predicted molar refractivity (Wildman–Crippen MR) is 119 cm³/mol. The third-order valence-corrected chi connectivity index (χ3v) is 6.28. The fourth-order valence-corrected chi connectivity index (χ4v) is 4.16. The van der Waals surface area contributed by atoms with E-state index in [0.717, 1.165) is 11.4 Å². The van der Waals surface area contributed by atoms with Gasteiger partial charge in [0, 0.05) is 30.2 Å². The Morgan fingerprint density at radius 3 is 2.44 bits per heavy atom. The van der Waals surface area contributed by atoms with Crippen molar-refractivity contribution in [3.63, 3.8) is 0 Å². The van der Waals surface area contributed by atoms with Crippen LogP contribution in [0.3, 0.4) is 0 Å². The summed E-state index contributed by atoms with van der Waals surface area (Å²) in [5, 5.41) is -0.0178. The van der Waals surface area contributed by atoms with Gasteiger partial charge >= 0.3 is 0 Å². The van der Waals surface area contributed by atoms with Crippen LogP contribution in [0.1, 0.15) is 24.1 Å². The van der Waals surface area contributed by atoms with Crippen LogP contribution in [-0.2, 0) is 16.6 Å². The van der Waals surface area contributed by atoms with Gasteiger partial charge in [0.2, 0.25) is 5.88 Å². The molecule has 11 heteroatoms. The first-order chi connectivity index (χ1) is 15.3. The zero-order valence-corrected chi connectivity index (χ0v) is 19.0. The molecule has 4 aromatic rings. The summed E-state index contributed by atoms with van der Waals surface area (Å²) in [6.07, 6.45) is 4.63. The Morgan fingerprint density at radius 2 is 1.81 bits per heavy atom. The molecule has 1 N–H and O–H groups in total. The van der Waals surface area contributed by atoms with Crippen molar-refractivity contribution in [1.82, 2.24) is 29.1 Å². The van der Waals surface area contributed by atoms with Crippen LogP contribution < -0.4 is 9.46 Å². The Hall–Kier alpha value is -3.73. The first-order valence-electron chi connectivity index (χ1n) is 9.94. The number of imidazole rings is 2. The van der Waals surface area contributed by atoms with E-state index in [4.69, 9.17) is 4.74 Å². The number of aryl methyl sites for hydroxylation is 3. The Morgan fingerprint density at radius 1 is 1.06 bits per heavy atom. The molecule has 10 nitrogen and oxygen atoms in total. The average molecular weight is 454 g/mol. The molecule has 3 heterocycles. The molecule has 0 fully saturated rings. The highest BCUT2D eigenvalue weighted by Crippen LogP contribution is 2.24. The number of hydrogen-bond acceptors (Lipinski definition) is 7. The zero-order valence-electron chi connectivity index (χ0n) is 18.1. The molecule has 0 saturated heterocycles. The van der Waals surface area contributed by atoms with Crippen LogP contribution in [0.4, 0.5) is 5.69 Å². The minimum absolute atomic E-state index is 0.0178. The van der Waals surface area contributed by atoms with Crippen molar-refractivity contribution >= 4 is 15.7 Å². The van der Waals surface area contributed by atoms with Gasteiger partial charge in [0.15, 0.2) is 5.03 Å². The Labute approximate surface area is 186 Å². The molecule has 0 amide bonds. The second kappa shape index (κ2) is 8.42. The van der Waals surface area contributed by atoms with Gasteiger partial charge in [-0.15, -0.1) is 0 Å². The van der Waals surface area contributed by atoms with Gasteiger partial charge in [-0.3, -0.25) is 9.29 Å². The summed E-state index contributed by atoms with van der Waals surface area (Å²) in [5.74, 6) is 2.14. The lowest BCUT2D eigenvalue weighted by molar-refractivity contribution is 0.461. The van der Waals surface area contributed by atoms with Gasteiger partial charge in [0.1, 0.15) is 30.0 Å². The molecule has 166 valence electrons. The monoisotopic (exact) mass is 453 g/mol. The number of rotatable bonds is 7. The number of nitrogens with one attached hydrogen (secondary N) is 1. The van der Waals surface area contributed by atoms with E-state index in [2.05, 4.69) is 24.7 Å². The first-order valence-corrected chi connectivity index (χ1v) is 11.4. The lowest BCUT2D eigenvalue weighted by Crippen LogP contribution is -2.13. The van der Waals surface area contributed by atoms with Crippen molar-refractivity contribution in [3.8, 4) is 17.4 Å². The Balaban J connectivity index is 1.48. The average Bonchev–Trinajstić information content (AvgIpc) is 3.32. The quantitative estimate of drug-likeness (QED) is 0.456. The number of anilines is 1. The van der Waals surface area contributed by atoms with Crippen LogP contribution >= 0.6 is 0 Å². The summed E-state index contributed by atoms with van der Waals surface area (Å²) in [7, 11) is -3.79. The summed E-state index contributed by atoms with van der Waals surface area (Å²) in [5.41, 5.74) is 2.29. The number of aromatic nitrogens is 6. The molecule has 0 radical (unpaired) electrons. The Kier molecular flexibility index (Phi) is 5.66. The maximum atomic E-state index is 12.6. The molecule has 0 bridgehead atoms. The SMILES string of the molecule is CCn1cc(S(=O)(=O)Nc2ccc(Oc3cc(-n4cnc(C)c4C)ncn3)cc2)nc1C. The normalized spacial score (nSPS) is 11.5. The number of nitrogens with zero attached hydrogens (tertiary/aromatic N) is 6. The van der Waals surface area contributed by atoms with E-state index in [-0.39, 0.29) is 5.03 Å². The van der Waals surface area contributed by atoms with E-state index in [0.29, 0.717) is 35.5 Å². The molecule has 0 aliphatic rings. The first kappa shape index (κ1) is 21.5. The highest BCUT2D eigenvalue weighted by Gasteiger charge is 2.19. The lowest BCUT2D eigenvalue weighted by Gasteiger charge is -2.09. The maximum Gasteiger partial charge on any atom is 0.280 e. The zero-order chi connectivity index (χ0) is 22.9. The molecular formula is C21H23N7O3S. The molecule has 0 aliphatic heterocycles. The van der Waals surface area contributed by atoms with Crippen molar-refractivity contribution in [1.29, 1.82) is 0 Å². The molecule has 0 atom stereocenters. The predicted octanol–water partition coefficient (Wildman–Crippen LogP) is 3.40. The third kappa shape index (κ3) is 4.33. The van der Waals surface area contributed by atoms with Crippen LogP contribution in [0.5, 0.6) is 11.6 Å². The van der Waals surface area contributed by atoms with Gasteiger partial charge in [0.05, 0.1) is 5.69 Å². The van der Waals surface area contributed by atoms with E-state index in [9.17, 15) is 8.42 Å². The van der Waals surface area contributed by atoms with Crippen LogP contribution in [0.25, 0.3) is 5.82 Å². The topological polar surface area (TPSA) is 117 Å². The lowest BCUT2D eigenvalue weighted by atomic mass is 10.3. The van der Waals surface area contributed by atoms with Crippen molar-refractivity contribution in [2.24, 2.45) is 0 Å². The van der Waals surface area contributed by atoms with Crippen LogP contribution in [-0.4, -0.2) is 37.5 Å². The number of sulfonamides is 1. The molecule has 0 spiro atoms. The van der Waals surface area contributed by atoms with Gasteiger partial charge in [-0.2, -0.15) is 8.42 Å². The van der Waals surface area contributed by atoms with Crippen molar-refractivity contribution in [3.05, 3.63) is 66.4 Å². The minimum Gasteiger partial charge on any atom is -0.439 e. The second-order valence-corrected chi connectivity index (χ2v) is 8.77. The fraction of sp³-hybridized carbons (Fsp3) is 0.238. The van der Waals surface area contributed by atoms with Gasteiger partial charge < -0.3 is 9.30 Å². The molecule has 0 saturated carbocycles. The maximum absolute atomic E-state index is 12.6. The highest BCUT2D eigenvalue weighted by atomic mass is 32.2. The molecule has 0 aliphatic carbocycles. The van der Waals surface area contributed by atoms with Crippen molar-refractivity contribution < 1.29 is 13.2 Å². The summed E-state index contributed by atoms with van der Waals surface area (Å²) in [6, 6.07) is 8.24. The molecule has 4 rings (SSSR count). The molecule has 0 unspecified atom stereocenters. The Bertz CT molecular complexity index is 1360. The van der Waals surface area contributed by atoms with Gasteiger partial charge in [-0.1, -0.05) is 0 Å². The smallest absolute Gasteiger partial charge is 0.280 e. The van der Waals surface area contributed by atoms with E-state index in [1.54, 1.807) is 48.1 Å². The molecule has 32 heavy (non-hydrogen) atoms. The van der Waals surface area contributed by atoms with Gasteiger partial charge in [-0.25, -0.2) is 19.9 Å².